The van der Waals surface area contributed by atoms with Crippen LogP contribution in [0.2, 0.25) is 0 Å². The summed E-state index contributed by atoms with van der Waals surface area (Å²) in [6, 6.07) is 0. The van der Waals surface area contributed by atoms with Crippen LogP contribution in [0.15, 0.2) is 4.52 Å². The molecule has 1 heterocycles. The standard InChI is InChI=1S/C13H22N2O3/c1-3-17-13(8-4-5-9-13)12-14-11(18-15-12)7-6-10(2)16/h10,16H,3-9H2,1-2H3. The summed E-state index contributed by atoms with van der Waals surface area (Å²) in [4.78, 5) is 4.44. The van der Waals surface area contributed by atoms with E-state index in [1.807, 2.05) is 6.92 Å². The van der Waals surface area contributed by atoms with E-state index in [0.717, 1.165) is 25.7 Å². The highest BCUT2D eigenvalue weighted by molar-refractivity contribution is 5.04. The highest BCUT2D eigenvalue weighted by atomic mass is 16.5. The van der Waals surface area contributed by atoms with Gasteiger partial charge in [0.2, 0.25) is 11.7 Å². The van der Waals surface area contributed by atoms with Gasteiger partial charge in [0.1, 0.15) is 5.60 Å². The molecule has 0 radical (unpaired) electrons. The number of aromatic nitrogens is 2. The van der Waals surface area contributed by atoms with Crippen LogP contribution in [0, 0.1) is 0 Å². The van der Waals surface area contributed by atoms with Crippen LogP contribution in [0.3, 0.4) is 0 Å². The molecule has 5 nitrogen and oxygen atoms in total. The molecular weight excluding hydrogens is 232 g/mol. The van der Waals surface area contributed by atoms with Crippen molar-refractivity contribution in [3.8, 4) is 0 Å². The molecule has 2 rings (SSSR count). The van der Waals surface area contributed by atoms with Crippen molar-refractivity contribution < 1.29 is 14.4 Å². The van der Waals surface area contributed by atoms with Crippen molar-refractivity contribution in [3.63, 3.8) is 0 Å². The molecule has 0 aromatic carbocycles. The van der Waals surface area contributed by atoms with E-state index in [9.17, 15) is 5.11 Å². The second-order valence-corrected chi connectivity index (χ2v) is 5.03. The van der Waals surface area contributed by atoms with Gasteiger partial charge in [-0.2, -0.15) is 4.98 Å². The Balaban J connectivity index is 2.07. The van der Waals surface area contributed by atoms with Crippen molar-refractivity contribution in [1.82, 2.24) is 10.1 Å². The van der Waals surface area contributed by atoms with Gasteiger partial charge in [0.25, 0.3) is 0 Å². The Kier molecular flexibility index (Phi) is 4.35. The Morgan fingerprint density at radius 1 is 1.44 bits per heavy atom. The Morgan fingerprint density at radius 2 is 2.17 bits per heavy atom. The zero-order valence-corrected chi connectivity index (χ0v) is 11.2. The average Bonchev–Trinajstić information content (AvgIpc) is 2.95. The number of hydrogen-bond donors (Lipinski definition) is 1. The number of nitrogens with zero attached hydrogens (tertiary/aromatic N) is 2. The van der Waals surface area contributed by atoms with Crippen molar-refractivity contribution in [2.75, 3.05) is 6.61 Å². The lowest BCUT2D eigenvalue weighted by molar-refractivity contribution is -0.0469. The third-order valence-electron chi connectivity index (χ3n) is 3.48. The lowest BCUT2D eigenvalue weighted by atomic mass is 10.0. The number of rotatable bonds is 6. The largest absolute Gasteiger partial charge is 0.393 e. The maximum Gasteiger partial charge on any atom is 0.226 e. The second kappa shape index (κ2) is 5.80. The molecule has 1 aliphatic carbocycles. The monoisotopic (exact) mass is 254 g/mol. The minimum absolute atomic E-state index is 0.332. The van der Waals surface area contributed by atoms with Crippen molar-refractivity contribution >= 4 is 0 Å². The van der Waals surface area contributed by atoms with Crippen molar-refractivity contribution in [1.29, 1.82) is 0 Å². The quantitative estimate of drug-likeness (QED) is 0.842. The maximum atomic E-state index is 9.25. The SMILES string of the molecule is CCOC1(c2noc(CCC(C)O)n2)CCCC1. The van der Waals surface area contributed by atoms with Crippen LogP contribution in [0.5, 0.6) is 0 Å². The Bertz CT molecular complexity index is 370. The lowest BCUT2D eigenvalue weighted by Crippen LogP contribution is -2.27. The normalized spacial score (nSPS) is 20.2. The van der Waals surface area contributed by atoms with Crippen molar-refractivity contribution in [2.24, 2.45) is 0 Å². The fourth-order valence-electron chi connectivity index (χ4n) is 2.53. The van der Waals surface area contributed by atoms with Crippen LogP contribution in [-0.2, 0) is 16.8 Å². The van der Waals surface area contributed by atoms with Crippen LogP contribution in [0.25, 0.3) is 0 Å². The summed E-state index contributed by atoms with van der Waals surface area (Å²) >= 11 is 0. The molecular formula is C13H22N2O3. The van der Waals surface area contributed by atoms with Crippen molar-refractivity contribution in [2.45, 2.75) is 64.1 Å². The third-order valence-corrected chi connectivity index (χ3v) is 3.48. The zero-order valence-electron chi connectivity index (χ0n) is 11.2. The molecule has 1 aromatic rings. The molecule has 1 atom stereocenters. The number of hydrogen-bond acceptors (Lipinski definition) is 5. The van der Waals surface area contributed by atoms with Gasteiger partial charge in [-0.3, -0.25) is 0 Å². The average molecular weight is 254 g/mol. The van der Waals surface area contributed by atoms with E-state index in [1.54, 1.807) is 6.92 Å². The van der Waals surface area contributed by atoms with E-state index in [1.165, 1.54) is 0 Å². The van der Waals surface area contributed by atoms with E-state index >= 15 is 0 Å². The van der Waals surface area contributed by atoms with Gasteiger partial charge in [0, 0.05) is 13.0 Å². The maximum absolute atomic E-state index is 9.25. The molecule has 1 fully saturated rings. The summed E-state index contributed by atoms with van der Waals surface area (Å²) < 4.78 is 11.1. The van der Waals surface area contributed by atoms with Gasteiger partial charge in [-0.1, -0.05) is 5.16 Å². The van der Waals surface area contributed by atoms with Gasteiger partial charge in [-0.25, -0.2) is 0 Å². The molecule has 5 heteroatoms. The predicted octanol–water partition coefficient (Wildman–Crippen LogP) is 2.19. The van der Waals surface area contributed by atoms with Crippen LogP contribution in [0.1, 0.15) is 57.7 Å². The third kappa shape index (κ3) is 2.90. The number of aryl methyl sites for hydroxylation is 1. The van der Waals surface area contributed by atoms with Gasteiger partial charge in [-0.05, 0) is 46.0 Å². The number of ether oxygens (including phenoxy) is 1. The summed E-state index contributed by atoms with van der Waals surface area (Å²) in [6.45, 7) is 4.42. The van der Waals surface area contributed by atoms with Crippen LogP contribution in [-0.4, -0.2) is 28.0 Å². The van der Waals surface area contributed by atoms with Gasteiger partial charge in [-0.15, -0.1) is 0 Å². The molecule has 102 valence electrons. The Labute approximate surface area is 108 Å². The fraction of sp³-hybridized carbons (Fsp3) is 0.846. The van der Waals surface area contributed by atoms with Crippen LogP contribution >= 0.6 is 0 Å². The smallest absolute Gasteiger partial charge is 0.226 e. The molecule has 1 aliphatic rings. The first-order valence-electron chi connectivity index (χ1n) is 6.81. The van der Waals surface area contributed by atoms with Crippen molar-refractivity contribution in [3.05, 3.63) is 11.7 Å². The molecule has 0 bridgehead atoms. The Morgan fingerprint density at radius 3 is 2.78 bits per heavy atom. The second-order valence-electron chi connectivity index (χ2n) is 5.03. The molecule has 18 heavy (non-hydrogen) atoms. The number of aliphatic hydroxyl groups is 1. The topological polar surface area (TPSA) is 68.4 Å². The molecule has 1 aromatic heterocycles. The molecule has 0 amide bonds. The zero-order chi connectivity index (χ0) is 13.0. The van der Waals surface area contributed by atoms with Gasteiger partial charge in [0.05, 0.1) is 6.10 Å². The molecule has 1 N–H and O–H groups in total. The summed E-state index contributed by atoms with van der Waals surface area (Å²) in [6.07, 6.45) is 5.16. The van der Waals surface area contributed by atoms with E-state index in [-0.39, 0.29) is 11.7 Å². The molecule has 0 spiro atoms. The first-order chi connectivity index (χ1) is 8.66. The fourth-order valence-corrected chi connectivity index (χ4v) is 2.53. The van der Waals surface area contributed by atoms with Crippen LogP contribution < -0.4 is 0 Å². The van der Waals surface area contributed by atoms with E-state index in [2.05, 4.69) is 10.1 Å². The minimum atomic E-state index is -0.340. The molecule has 1 saturated carbocycles. The summed E-state index contributed by atoms with van der Waals surface area (Å²) in [5, 5.41) is 13.3. The molecule has 1 unspecified atom stereocenters. The van der Waals surface area contributed by atoms with E-state index < -0.39 is 0 Å². The van der Waals surface area contributed by atoms with Gasteiger partial charge >= 0.3 is 0 Å². The van der Waals surface area contributed by atoms with Crippen LogP contribution in [0.4, 0.5) is 0 Å². The summed E-state index contributed by atoms with van der Waals surface area (Å²) in [5.41, 5.74) is -0.332. The van der Waals surface area contributed by atoms with E-state index in [4.69, 9.17) is 9.26 Å². The highest BCUT2D eigenvalue weighted by Crippen LogP contribution is 2.40. The van der Waals surface area contributed by atoms with E-state index in [0.29, 0.717) is 31.2 Å². The minimum Gasteiger partial charge on any atom is -0.393 e. The van der Waals surface area contributed by atoms with Gasteiger partial charge < -0.3 is 14.4 Å². The predicted molar refractivity (Wildman–Crippen MR) is 66.1 cm³/mol. The highest BCUT2D eigenvalue weighted by Gasteiger charge is 2.40. The first-order valence-corrected chi connectivity index (χ1v) is 6.81. The lowest BCUT2D eigenvalue weighted by Gasteiger charge is -2.24. The number of aliphatic hydroxyl groups excluding tert-OH is 1. The molecule has 0 saturated heterocycles. The van der Waals surface area contributed by atoms with Gasteiger partial charge in [0.15, 0.2) is 0 Å². The Hall–Kier alpha value is -0.940. The summed E-state index contributed by atoms with van der Waals surface area (Å²) in [5.74, 6) is 1.28. The molecule has 0 aliphatic heterocycles. The summed E-state index contributed by atoms with van der Waals surface area (Å²) in [7, 11) is 0. The first kappa shape index (κ1) is 13.5.